The predicted octanol–water partition coefficient (Wildman–Crippen LogP) is 6.15. The lowest BCUT2D eigenvalue weighted by molar-refractivity contribution is -0.126. The van der Waals surface area contributed by atoms with Crippen molar-refractivity contribution in [1.82, 2.24) is 9.80 Å². The molecule has 31 heavy (non-hydrogen) atoms. The van der Waals surface area contributed by atoms with Crippen molar-refractivity contribution in [1.29, 1.82) is 0 Å². The van der Waals surface area contributed by atoms with E-state index in [0.717, 1.165) is 25.8 Å². The van der Waals surface area contributed by atoms with Crippen molar-refractivity contribution >= 4 is 11.8 Å². The third-order valence-corrected chi connectivity index (χ3v) is 5.34. The van der Waals surface area contributed by atoms with Gasteiger partial charge in [0.25, 0.3) is 0 Å². The molecule has 1 heterocycles. The summed E-state index contributed by atoms with van der Waals surface area (Å²) < 4.78 is 0. The van der Waals surface area contributed by atoms with Gasteiger partial charge in [-0.1, -0.05) is 96.8 Å². The molecule has 0 unspecified atom stereocenters. The zero-order chi connectivity index (χ0) is 23.7. The van der Waals surface area contributed by atoms with Crippen molar-refractivity contribution in [3.63, 3.8) is 0 Å². The maximum absolute atomic E-state index is 10.6. The maximum atomic E-state index is 10.6. The first-order valence-electron chi connectivity index (χ1n) is 12.9. The van der Waals surface area contributed by atoms with E-state index in [2.05, 4.69) is 6.92 Å². The number of unbranched alkanes of at least 4 members (excludes halogenated alkanes) is 14. The van der Waals surface area contributed by atoms with E-state index in [1.165, 1.54) is 89.9 Å². The Balaban J connectivity index is 0. The van der Waals surface area contributed by atoms with E-state index >= 15 is 0 Å². The van der Waals surface area contributed by atoms with Crippen LogP contribution in [0.25, 0.3) is 0 Å². The van der Waals surface area contributed by atoms with Crippen molar-refractivity contribution in [2.45, 2.75) is 122 Å². The van der Waals surface area contributed by atoms with E-state index in [4.69, 9.17) is 5.73 Å². The van der Waals surface area contributed by atoms with Gasteiger partial charge in [-0.15, -0.1) is 0 Å². The molecule has 0 bridgehead atoms. The molecule has 0 atom stereocenters. The lowest BCUT2D eigenvalue weighted by Crippen LogP contribution is -2.17. The molecule has 2 amide bonds. The summed E-state index contributed by atoms with van der Waals surface area (Å²) in [5, 5.41) is 0. The monoisotopic (exact) mass is 441 g/mol. The average molecular weight is 442 g/mol. The lowest BCUT2D eigenvalue weighted by Gasteiger charge is -2.03. The number of primary amides is 1. The predicted molar refractivity (Wildman–Crippen MR) is 135 cm³/mol. The van der Waals surface area contributed by atoms with Gasteiger partial charge in [0, 0.05) is 26.4 Å². The Labute approximate surface area is 194 Å². The number of carbonyl (C=O) groups excluding carboxylic acids is 2. The fraction of sp³-hybridized carbons (Fsp3) is 0.923. The Hall–Kier alpha value is -1.10. The van der Waals surface area contributed by atoms with Crippen molar-refractivity contribution in [3.8, 4) is 0 Å². The van der Waals surface area contributed by atoms with Gasteiger partial charge in [-0.25, -0.2) is 0 Å². The zero-order valence-electron chi connectivity index (χ0n) is 21.7. The maximum Gasteiger partial charge on any atom is 0.222 e. The highest BCUT2D eigenvalue weighted by Gasteiger charge is 2.14. The largest absolute Gasteiger partial charge is 0.370 e. The molecule has 2 N–H and O–H groups in total. The lowest BCUT2D eigenvalue weighted by atomic mass is 10.0. The van der Waals surface area contributed by atoms with E-state index < -0.39 is 0 Å². The van der Waals surface area contributed by atoms with Crippen LogP contribution in [0.2, 0.25) is 0 Å². The minimum atomic E-state index is -0.153. The van der Waals surface area contributed by atoms with Crippen LogP contribution in [-0.4, -0.2) is 56.3 Å². The van der Waals surface area contributed by atoms with Crippen LogP contribution in [0.1, 0.15) is 122 Å². The Morgan fingerprint density at radius 3 is 1.39 bits per heavy atom. The number of rotatable bonds is 16. The summed E-state index contributed by atoms with van der Waals surface area (Å²) >= 11 is 0. The van der Waals surface area contributed by atoms with E-state index in [1.807, 2.05) is 33.1 Å². The van der Waals surface area contributed by atoms with Crippen LogP contribution in [-0.2, 0) is 9.59 Å². The molecule has 0 aromatic rings. The fourth-order valence-electron chi connectivity index (χ4n) is 3.45. The molecular formula is C26H55N3O2. The van der Waals surface area contributed by atoms with Crippen LogP contribution >= 0.6 is 0 Å². The van der Waals surface area contributed by atoms with Gasteiger partial charge < -0.3 is 15.5 Å². The van der Waals surface area contributed by atoms with E-state index in [9.17, 15) is 9.59 Å². The standard InChI is InChI=1S/C18H37NO.C5H9NO.C3H9N/c1-2-3-4-5-6-7-8-9-10-11-12-13-14-15-16-17-18(19)20;1-6-4-2-3-5(6)7;1-4(2)3/h2-17H2,1H3,(H2,19,20);2-4H2,1H3;1-3H3. The Morgan fingerprint density at radius 2 is 1.16 bits per heavy atom. The van der Waals surface area contributed by atoms with Gasteiger partial charge in [-0.2, -0.15) is 0 Å². The summed E-state index contributed by atoms with van der Waals surface area (Å²) in [6, 6.07) is 0. The van der Waals surface area contributed by atoms with Gasteiger partial charge >= 0.3 is 0 Å². The number of nitrogens with zero attached hydrogens (tertiary/aromatic N) is 2. The summed E-state index contributed by atoms with van der Waals surface area (Å²) in [4.78, 5) is 24.8. The van der Waals surface area contributed by atoms with Crippen LogP contribution in [0, 0.1) is 0 Å². The highest BCUT2D eigenvalue weighted by atomic mass is 16.2. The molecule has 5 nitrogen and oxygen atoms in total. The third kappa shape index (κ3) is 31.2. The molecule has 186 valence electrons. The van der Waals surface area contributed by atoms with E-state index in [-0.39, 0.29) is 5.91 Å². The second kappa shape index (κ2) is 25.2. The molecule has 5 heteroatoms. The molecule has 0 aromatic heterocycles. The molecule has 1 aliphatic rings. The molecule has 1 rings (SSSR count). The van der Waals surface area contributed by atoms with Crippen LogP contribution in [0.15, 0.2) is 0 Å². The first-order chi connectivity index (χ1) is 14.8. The minimum Gasteiger partial charge on any atom is -0.370 e. The van der Waals surface area contributed by atoms with Crippen LogP contribution in [0.5, 0.6) is 0 Å². The molecule has 1 fully saturated rings. The van der Waals surface area contributed by atoms with Gasteiger partial charge in [0.2, 0.25) is 11.8 Å². The van der Waals surface area contributed by atoms with Crippen LogP contribution in [0.4, 0.5) is 0 Å². The number of likely N-dealkylation sites (tertiary alicyclic amines) is 1. The molecule has 0 radical (unpaired) electrons. The smallest absolute Gasteiger partial charge is 0.222 e. The summed E-state index contributed by atoms with van der Waals surface area (Å²) in [7, 11) is 7.84. The van der Waals surface area contributed by atoms with Crippen molar-refractivity contribution in [2.75, 3.05) is 34.7 Å². The second-order valence-electron chi connectivity index (χ2n) is 9.43. The summed E-state index contributed by atoms with van der Waals surface area (Å²) in [6.45, 7) is 3.23. The summed E-state index contributed by atoms with van der Waals surface area (Å²) in [6.07, 6.45) is 22.7. The Morgan fingerprint density at radius 1 is 0.806 bits per heavy atom. The summed E-state index contributed by atoms with van der Waals surface area (Å²) in [5.41, 5.74) is 5.11. The van der Waals surface area contributed by atoms with Gasteiger partial charge in [-0.05, 0) is 34.0 Å². The molecule has 1 aliphatic heterocycles. The average Bonchev–Trinajstić information content (AvgIpc) is 3.07. The first kappa shape index (κ1) is 32.1. The molecular weight excluding hydrogens is 386 g/mol. The second-order valence-corrected chi connectivity index (χ2v) is 9.43. The Kier molecular flexibility index (Phi) is 26.0. The quantitative estimate of drug-likeness (QED) is 0.292. The van der Waals surface area contributed by atoms with Crippen LogP contribution < -0.4 is 5.73 Å². The molecule has 0 saturated carbocycles. The number of nitrogens with two attached hydrogens (primary N) is 1. The molecule has 0 aliphatic carbocycles. The van der Waals surface area contributed by atoms with Crippen LogP contribution in [0.3, 0.4) is 0 Å². The molecule has 0 spiro atoms. The zero-order valence-corrected chi connectivity index (χ0v) is 21.7. The van der Waals surface area contributed by atoms with Gasteiger partial charge in [-0.3, -0.25) is 9.59 Å². The highest BCUT2D eigenvalue weighted by Crippen LogP contribution is 2.13. The third-order valence-electron chi connectivity index (χ3n) is 5.34. The highest BCUT2D eigenvalue weighted by molar-refractivity contribution is 5.77. The normalized spacial score (nSPS) is 13.0. The molecule has 0 aromatic carbocycles. The number of amides is 2. The topological polar surface area (TPSA) is 66.6 Å². The summed E-state index contributed by atoms with van der Waals surface area (Å²) in [5.74, 6) is 0.139. The van der Waals surface area contributed by atoms with Crippen molar-refractivity contribution in [3.05, 3.63) is 0 Å². The minimum absolute atomic E-state index is 0.153. The number of hydrogen-bond donors (Lipinski definition) is 1. The van der Waals surface area contributed by atoms with Crippen molar-refractivity contribution < 1.29 is 9.59 Å². The van der Waals surface area contributed by atoms with E-state index in [0.29, 0.717) is 12.3 Å². The SMILES string of the molecule is CCCCCCCCCCCCCCCCCC(N)=O.CN(C)C.CN1CCCC1=O. The van der Waals surface area contributed by atoms with Gasteiger partial charge in [0.05, 0.1) is 0 Å². The van der Waals surface area contributed by atoms with Gasteiger partial charge in [0.15, 0.2) is 0 Å². The number of hydrogen-bond acceptors (Lipinski definition) is 3. The number of carbonyl (C=O) groups is 2. The molecule has 1 saturated heterocycles. The fourth-order valence-corrected chi connectivity index (χ4v) is 3.45. The first-order valence-corrected chi connectivity index (χ1v) is 12.9. The van der Waals surface area contributed by atoms with Gasteiger partial charge in [0.1, 0.15) is 0 Å². The van der Waals surface area contributed by atoms with E-state index in [1.54, 1.807) is 4.90 Å². The van der Waals surface area contributed by atoms with Crippen molar-refractivity contribution in [2.24, 2.45) is 5.73 Å². The Bertz CT molecular complexity index is 397.